The van der Waals surface area contributed by atoms with Crippen LogP contribution in [0.5, 0.6) is 11.5 Å². The predicted octanol–water partition coefficient (Wildman–Crippen LogP) is 3.07. The molecule has 3 aliphatic heterocycles. The van der Waals surface area contributed by atoms with Crippen molar-refractivity contribution in [3.05, 3.63) is 144 Å². The van der Waals surface area contributed by atoms with Crippen LogP contribution in [0.2, 0.25) is 0 Å². The Balaban J connectivity index is 0.739. The number of carbonyl (C=O) groups is 4. The van der Waals surface area contributed by atoms with Crippen molar-refractivity contribution in [1.82, 2.24) is 50.0 Å². The fraction of sp³-hybridized carbons (Fsp3) is 0.308. The zero-order valence-electron chi connectivity index (χ0n) is 39.3. The molecule has 4 aromatic carbocycles. The van der Waals surface area contributed by atoms with Gasteiger partial charge in [-0.1, -0.05) is 84.3 Å². The van der Waals surface area contributed by atoms with Gasteiger partial charge >= 0.3 is 0 Å². The van der Waals surface area contributed by atoms with Crippen LogP contribution in [-0.4, -0.2) is 141 Å². The molecule has 18 nitrogen and oxygen atoms in total. The highest BCUT2D eigenvalue weighted by molar-refractivity contribution is 6.04. The van der Waals surface area contributed by atoms with E-state index in [9.17, 15) is 19.2 Å². The predicted molar refractivity (Wildman–Crippen MR) is 260 cm³/mol. The molecule has 1 saturated heterocycles. The topological polar surface area (TPSA) is 185 Å². The van der Waals surface area contributed by atoms with Gasteiger partial charge in [-0.25, -0.2) is 19.3 Å². The summed E-state index contributed by atoms with van der Waals surface area (Å²) in [6, 6.07) is 28.5. The van der Waals surface area contributed by atoms with Gasteiger partial charge in [0.05, 0.1) is 37.6 Å². The molecule has 70 heavy (non-hydrogen) atoms. The van der Waals surface area contributed by atoms with Gasteiger partial charge in [0.25, 0.3) is 23.6 Å². The van der Waals surface area contributed by atoms with Crippen molar-refractivity contribution in [3.63, 3.8) is 0 Å². The van der Waals surface area contributed by atoms with E-state index in [1.54, 1.807) is 49.4 Å². The number of aromatic nitrogens is 6. The van der Waals surface area contributed by atoms with E-state index < -0.39 is 36.1 Å². The molecule has 5 heterocycles. The fourth-order valence-electron chi connectivity index (χ4n) is 8.38. The van der Waals surface area contributed by atoms with Gasteiger partial charge in [0.1, 0.15) is 48.4 Å². The number of rotatable bonds is 10. The van der Waals surface area contributed by atoms with Crippen molar-refractivity contribution in [1.29, 1.82) is 0 Å². The lowest BCUT2D eigenvalue weighted by Gasteiger charge is -2.32. The Morgan fingerprint density at radius 1 is 0.600 bits per heavy atom. The number of piperazine rings is 1. The molecule has 0 aliphatic carbocycles. The number of nitrogens with one attached hydrogen (secondary N) is 2. The standard InChI is InChI=1S/C52H52N12O6/c1-35-45(55-49(65)47-53-33-63(57-47)31-39-13-7-5-8-14-39)51(67)59(3)41-29-37(19-21-43(41)69-35)17-11-23-61-25-27-62(28-26-61)24-12-18-38-20-22-44-42(30-38)60(4)52(68)46(36(2)70-44)56-50(66)48-54-34-64(58-48)32-40-15-9-6-10-16-40/h5-10,13-16,19-22,29-30,33-36,45-46H,23-28,31-32H2,1-4H3,(H,55,65)(H,56,66)/t35-,36-,45-,46-/m0/s1. The maximum atomic E-state index is 13.7. The minimum absolute atomic E-state index is 0.0372. The molecule has 4 amide bonds. The number of fused-ring (bicyclic) bond motifs is 2. The molecule has 356 valence electrons. The van der Waals surface area contributed by atoms with Crippen LogP contribution >= 0.6 is 0 Å². The van der Waals surface area contributed by atoms with Gasteiger partial charge in [-0.2, -0.15) is 0 Å². The Labute approximate surface area is 405 Å². The second-order valence-electron chi connectivity index (χ2n) is 17.4. The van der Waals surface area contributed by atoms with Crippen molar-refractivity contribution < 1.29 is 28.7 Å². The molecule has 2 aromatic heterocycles. The summed E-state index contributed by atoms with van der Waals surface area (Å²) in [6.45, 7) is 8.84. The first-order valence-corrected chi connectivity index (χ1v) is 23.0. The lowest BCUT2D eigenvalue weighted by atomic mass is 10.1. The molecule has 6 aromatic rings. The van der Waals surface area contributed by atoms with Crippen molar-refractivity contribution in [2.24, 2.45) is 0 Å². The first-order chi connectivity index (χ1) is 33.9. The number of hydrogen-bond acceptors (Lipinski definition) is 12. The van der Waals surface area contributed by atoms with E-state index in [1.807, 2.05) is 84.9 Å². The van der Waals surface area contributed by atoms with Crippen molar-refractivity contribution in [2.45, 2.75) is 51.2 Å². The van der Waals surface area contributed by atoms with E-state index in [0.29, 0.717) is 49.1 Å². The highest BCUT2D eigenvalue weighted by atomic mass is 16.5. The number of nitrogens with zero attached hydrogens (tertiary/aromatic N) is 10. The van der Waals surface area contributed by atoms with Gasteiger partial charge in [-0.3, -0.25) is 29.0 Å². The van der Waals surface area contributed by atoms with E-state index in [-0.39, 0.29) is 23.5 Å². The lowest BCUT2D eigenvalue weighted by molar-refractivity contribution is -0.122. The molecule has 0 saturated carbocycles. The summed E-state index contributed by atoms with van der Waals surface area (Å²) in [5.74, 6) is 12.2. The zero-order valence-corrected chi connectivity index (χ0v) is 39.3. The summed E-state index contributed by atoms with van der Waals surface area (Å²) in [5, 5.41) is 14.2. The Hall–Kier alpha value is -8.32. The first-order valence-electron chi connectivity index (χ1n) is 23.0. The van der Waals surface area contributed by atoms with E-state index >= 15 is 0 Å². The maximum Gasteiger partial charge on any atom is 0.291 e. The van der Waals surface area contributed by atoms with E-state index in [2.05, 4.69) is 64.3 Å². The number of likely N-dealkylation sites (N-methyl/N-ethyl adjacent to an activating group) is 2. The molecule has 1 fully saturated rings. The summed E-state index contributed by atoms with van der Waals surface area (Å²) in [4.78, 5) is 69.8. The van der Waals surface area contributed by atoms with Crippen LogP contribution in [0.15, 0.2) is 110 Å². The third kappa shape index (κ3) is 10.8. The first kappa shape index (κ1) is 46.8. The van der Waals surface area contributed by atoms with Gasteiger partial charge in [0.2, 0.25) is 11.6 Å². The van der Waals surface area contributed by atoms with Gasteiger partial charge in [0.15, 0.2) is 0 Å². The quantitative estimate of drug-likeness (QED) is 0.192. The molecule has 18 heteroatoms. The van der Waals surface area contributed by atoms with Crippen LogP contribution in [0.4, 0.5) is 11.4 Å². The third-order valence-corrected chi connectivity index (χ3v) is 12.4. The van der Waals surface area contributed by atoms with Crippen LogP contribution in [0, 0.1) is 23.7 Å². The molecule has 3 aliphatic rings. The summed E-state index contributed by atoms with van der Waals surface area (Å²) < 4.78 is 15.5. The van der Waals surface area contributed by atoms with Crippen LogP contribution in [0.3, 0.4) is 0 Å². The summed E-state index contributed by atoms with van der Waals surface area (Å²) in [7, 11) is 3.31. The number of amides is 4. The normalized spacial score (nSPS) is 19.1. The maximum absolute atomic E-state index is 13.7. The third-order valence-electron chi connectivity index (χ3n) is 12.4. The molecular weight excluding hydrogens is 889 g/mol. The van der Waals surface area contributed by atoms with Crippen molar-refractivity contribution in [3.8, 4) is 35.2 Å². The summed E-state index contributed by atoms with van der Waals surface area (Å²) >= 11 is 0. The fourth-order valence-corrected chi connectivity index (χ4v) is 8.38. The molecule has 0 unspecified atom stereocenters. The number of carbonyl (C=O) groups excluding carboxylic acids is 4. The van der Waals surface area contributed by atoms with Crippen LogP contribution in [0.1, 0.15) is 57.3 Å². The largest absolute Gasteiger partial charge is 0.486 e. The van der Waals surface area contributed by atoms with Crippen LogP contribution < -0.4 is 29.9 Å². The van der Waals surface area contributed by atoms with E-state index in [1.165, 1.54) is 22.5 Å². The average Bonchev–Trinajstić information content (AvgIpc) is 4.02. The Morgan fingerprint density at radius 2 is 1.00 bits per heavy atom. The van der Waals surface area contributed by atoms with E-state index in [0.717, 1.165) is 48.4 Å². The number of ether oxygens (including phenoxy) is 2. The minimum atomic E-state index is -0.975. The van der Waals surface area contributed by atoms with Gasteiger partial charge in [-0.15, -0.1) is 10.2 Å². The van der Waals surface area contributed by atoms with Crippen molar-refractivity contribution >= 4 is 35.0 Å². The molecule has 0 bridgehead atoms. The molecule has 9 rings (SSSR count). The second-order valence-corrected chi connectivity index (χ2v) is 17.4. The van der Waals surface area contributed by atoms with Crippen LogP contribution in [0.25, 0.3) is 0 Å². The number of anilines is 2. The average molecular weight is 941 g/mol. The second kappa shape index (κ2) is 20.9. The minimum Gasteiger partial charge on any atom is -0.486 e. The Morgan fingerprint density at radius 3 is 1.40 bits per heavy atom. The molecular formula is C52H52N12O6. The lowest BCUT2D eigenvalue weighted by Crippen LogP contribution is -2.53. The van der Waals surface area contributed by atoms with Gasteiger partial charge < -0.3 is 29.9 Å². The van der Waals surface area contributed by atoms with Gasteiger partial charge in [-0.05, 0) is 61.4 Å². The molecule has 0 radical (unpaired) electrons. The molecule has 2 N–H and O–H groups in total. The summed E-state index contributed by atoms with van der Waals surface area (Å²) in [6.07, 6.45) is 1.65. The highest BCUT2D eigenvalue weighted by Crippen LogP contribution is 2.35. The molecule has 4 atom stereocenters. The number of hydrogen-bond donors (Lipinski definition) is 2. The Kier molecular flexibility index (Phi) is 14.0. The smallest absolute Gasteiger partial charge is 0.291 e. The van der Waals surface area contributed by atoms with Crippen molar-refractivity contribution in [2.75, 3.05) is 63.2 Å². The number of benzene rings is 4. The van der Waals surface area contributed by atoms with Crippen LogP contribution in [-0.2, 0) is 22.7 Å². The highest BCUT2D eigenvalue weighted by Gasteiger charge is 2.38. The SMILES string of the molecule is C[C@@H]1Oc2ccc(C#CCN3CCN(CC#Cc4ccc5c(c4)N(C)C(=O)[C@@H](NC(=O)c4ncn(Cc6ccccc6)n4)[C@H](C)O5)CC3)cc2N(C)C(=O)[C@H]1NC(=O)c1ncn(Cc2ccccc2)n1. The zero-order chi connectivity index (χ0) is 48.7. The monoisotopic (exact) mass is 940 g/mol. The van der Waals surface area contributed by atoms with E-state index in [4.69, 9.17) is 9.47 Å². The summed E-state index contributed by atoms with van der Waals surface area (Å²) in [5.41, 5.74) is 4.62. The Bertz CT molecular complexity index is 2810. The molecule has 0 spiro atoms. The van der Waals surface area contributed by atoms with Gasteiger partial charge in [0, 0.05) is 51.4 Å².